The molecular weight excluding hydrogens is 353 g/mol. The molecule has 0 radical (unpaired) electrons. The second-order valence-corrected chi connectivity index (χ2v) is 5.40. The Balaban J connectivity index is 2.40. The normalized spacial score (nSPS) is 10.3. The molecule has 0 aliphatic heterocycles. The average Bonchev–Trinajstić information content (AvgIpc) is 2.45. The predicted molar refractivity (Wildman–Crippen MR) is 84.5 cm³/mol. The highest BCUT2D eigenvalue weighted by atomic mass is 35.5. The summed E-state index contributed by atoms with van der Waals surface area (Å²) in [5.41, 5.74) is -0.260. The first-order valence-corrected chi connectivity index (χ1v) is 6.96. The summed E-state index contributed by atoms with van der Waals surface area (Å²) in [6.45, 7) is 0. The van der Waals surface area contributed by atoms with E-state index in [9.17, 15) is 14.7 Å². The molecule has 0 aliphatic carbocycles. The van der Waals surface area contributed by atoms with E-state index in [-0.39, 0.29) is 37.6 Å². The maximum atomic E-state index is 12.2. The molecule has 0 aromatic heterocycles. The number of halogens is 3. The molecule has 0 bridgehead atoms. The molecule has 0 unspecified atom stereocenters. The number of rotatable bonds is 3. The zero-order chi connectivity index (χ0) is 16.4. The molecule has 0 heterocycles. The lowest BCUT2D eigenvalue weighted by Crippen LogP contribution is -2.14. The van der Waals surface area contributed by atoms with Crippen molar-refractivity contribution in [2.75, 3.05) is 5.32 Å². The van der Waals surface area contributed by atoms with Crippen molar-refractivity contribution < 1.29 is 19.8 Å². The van der Waals surface area contributed by atoms with Gasteiger partial charge in [-0.3, -0.25) is 4.79 Å². The second-order valence-electron chi connectivity index (χ2n) is 4.21. The fourth-order valence-electron chi connectivity index (χ4n) is 1.69. The van der Waals surface area contributed by atoms with Crippen molar-refractivity contribution in [1.29, 1.82) is 0 Å². The fourth-order valence-corrected chi connectivity index (χ4v) is 2.39. The molecule has 0 aliphatic rings. The quantitative estimate of drug-likeness (QED) is 0.562. The number of benzene rings is 2. The van der Waals surface area contributed by atoms with Crippen LogP contribution in [0.25, 0.3) is 0 Å². The summed E-state index contributed by atoms with van der Waals surface area (Å²) in [6.07, 6.45) is 0. The van der Waals surface area contributed by atoms with E-state index in [2.05, 4.69) is 5.32 Å². The number of anilines is 1. The van der Waals surface area contributed by atoms with Crippen molar-refractivity contribution in [3.8, 4) is 5.75 Å². The van der Waals surface area contributed by atoms with E-state index in [0.29, 0.717) is 0 Å². The third-order valence-corrected chi connectivity index (χ3v) is 3.88. The largest absolute Gasteiger partial charge is 0.506 e. The minimum absolute atomic E-state index is 0.0412. The second kappa shape index (κ2) is 6.44. The fraction of sp³-hybridized carbons (Fsp3) is 0. The number of aromatic carboxylic acids is 1. The average molecular weight is 361 g/mol. The lowest BCUT2D eigenvalue weighted by molar-refractivity contribution is 0.0696. The third-order valence-electron chi connectivity index (χ3n) is 2.76. The minimum atomic E-state index is -1.20. The van der Waals surface area contributed by atoms with Gasteiger partial charge in [0.15, 0.2) is 0 Å². The Morgan fingerprint density at radius 3 is 2.27 bits per heavy atom. The number of carboxylic acids is 1. The van der Waals surface area contributed by atoms with Gasteiger partial charge in [0.05, 0.1) is 31.9 Å². The van der Waals surface area contributed by atoms with Gasteiger partial charge in [-0.25, -0.2) is 4.79 Å². The number of nitrogens with one attached hydrogen (secondary N) is 1. The van der Waals surface area contributed by atoms with Gasteiger partial charge < -0.3 is 15.5 Å². The van der Waals surface area contributed by atoms with Crippen LogP contribution in [-0.2, 0) is 0 Å². The molecule has 3 N–H and O–H groups in total. The maximum absolute atomic E-state index is 12.2. The molecule has 2 rings (SSSR count). The number of hydrogen-bond donors (Lipinski definition) is 3. The summed E-state index contributed by atoms with van der Waals surface area (Å²) in [5, 5.41) is 21.1. The highest BCUT2D eigenvalue weighted by molar-refractivity contribution is 6.46. The Morgan fingerprint density at radius 2 is 1.64 bits per heavy atom. The molecular formula is C14H8Cl3NO4. The number of carbonyl (C=O) groups excluding carboxylic acids is 1. The topological polar surface area (TPSA) is 86.6 Å². The van der Waals surface area contributed by atoms with Crippen molar-refractivity contribution in [3.05, 3.63) is 56.5 Å². The highest BCUT2D eigenvalue weighted by Crippen LogP contribution is 2.33. The molecule has 1 amide bonds. The van der Waals surface area contributed by atoms with Crippen molar-refractivity contribution >= 4 is 52.4 Å². The van der Waals surface area contributed by atoms with Gasteiger partial charge in [0.2, 0.25) is 0 Å². The first-order valence-electron chi connectivity index (χ1n) is 5.82. The molecule has 2 aromatic rings. The molecule has 22 heavy (non-hydrogen) atoms. The van der Waals surface area contributed by atoms with Crippen LogP contribution in [0.5, 0.6) is 5.75 Å². The smallest absolute Gasteiger partial charge is 0.335 e. The summed E-state index contributed by atoms with van der Waals surface area (Å²) in [4.78, 5) is 23.2. The molecule has 8 heteroatoms. The van der Waals surface area contributed by atoms with Gasteiger partial charge in [-0.1, -0.05) is 34.8 Å². The number of phenols is 1. The van der Waals surface area contributed by atoms with Gasteiger partial charge in [-0.15, -0.1) is 0 Å². The first kappa shape index (κ1) is 16.4. The van der Waals surface area contributed by atoms with Crippen LogP contribution in [0.2, 0.25) is 15.1 Å². The number of hydrogen-bond acceptors (Lipinski definition) is 3. The van der Waals surface area contributed by atoms with E-state index in [0.717, 1.165) is 12.1 Å². The number of carbonyl (C=O) groups is 2. The van der Waals surface area contributed by atoms with E-state index in [1.54, 1.807) is 0 Å². The van der Waals surface area contributed by atoms with Gasteiger partial charge in [-0.05, 0) is 30.3 Å². The van der Waals surface area contributed by atoms with Crippen LogP contribution < -0.4 is 5.32 Å². The van der Waals surface area contributed by atoms with Crippen molar-refractivity contribution in [1.82, 2.24) is 0 Å². The van der Waals surface area contributed by atoms with E-state index in [1.165, 1.54) is 18.2 Å². The van der Waals surface area contributed by atoms with E-state index in [4.69, 9.17) is 39.9 Å². The Labute approximate surface area is 140 Å². The zero-order valence-electron chi connectivity index (χ0n) is 10.7. The van der Waals surface area contributed by atoms with Crippen LogP contribution in [0, 0.1) is 0 Å². The number of phenolic OH excluding ortho intramolecular Hbond substituents is 1. The third kappa shape index (κ3) is 3.27. The summed E-state index contributed by atoms with van der Waals surface area (Å²) in [6, 6.07) is 6.30. The Hall–Kier alpha value is -1.95. The van der Waals surface area contributed by atoms with Crippen molar-refractivity contribution in [3.63, 3.8) is 0 Å². The van der Waals surface area contributed by atoms with Crippen LogP contribution in [0.3, 0.4) is 0 Å². The Bertz CT molecular complexity index is 777. The van der Waals surface area contributed by atoms with Gasteiger partial charge in [0.25, 0.3) is 5.91 Å². The Morgan fingerprint density at radius 1 is 1.00 bits per heavy atom. The maximum Gasteiger partial charge on any atom is 0.335 e. The number of carboxylic acid groups (broad SMARTS) is 1. The Kier molecular flexibility index (Phi) is 4.81. The highest BCUT2D eigenvalue weighted by Gasteiger charge is 2.19. The minimum Gasteiger partial charge on any atom is -0.506 e. The standard InChI is InChI=1S/C14H8Cl3NO4/c15-7-2-3-8(16)12(17)11(7)13(20)18-9-5-6(14(21)22)1-4-10(9)19/h1-5,19H,(H,18,20)(H,21,22). The lowest BCUT2D eigenvalue weighted by atomic mass is 10.1. The molecule has 0 saturated carbocycles. The van der Waals surface area contributed by atoms with E-state index >= 15 is 0 Å². The van der Waals surface area contributed by atoms with Crippen molar-refractivity contribution in [2.45, 2.75) is 0 Å². The molecule has 5 nitrogen and oxygen atoms in total. The molecule has 0 spiro atoms. The number of aromatic hydroxyl groups is 1. The first-order chi connectivity index (χ1) is 10.3. The lowest BCUT2D eigenvalue weighted by Gasteiger charge is -2.11. The molecule has 2 aromatic carbocycles. The van der Waals surface area contributed by atoms with Gasteiger partial charge in [0.1, 0.15) is 5.75 Å². The van der Waals surface area contributed by atoms with Crippen LogP contribution in [0.1, 0.15) is 20.7 Å². The monoisotopic (exact) mass is 359 g/mol. The summed E-state index contributed by atoms with van der Waals surface area (Å²) in [7, 11) is 0. The van der Waals surface area contributed by atoms with Gasteiger partial charge in [-0.2, -0.15) is 0 Å². The summed E-state index contributed by atoms with van der Waals surface area (Å²) in [5.74, 6) is -2.22. The summed E-state index contributed by atoms with van der Waals surface area (Å²) < 4.78 is 0. The SMILES string of the molecule is O=C(O)c1ccc(O)c(NC(=O)c2c(Cl)ccc(Cl)c2Cl)c1. The predicted octanol–water partition coefficient (Wildman–Crippen LogP) is 4.30. The van der Waals surface area contributed by atoms with Crippen LogP contribution in [0.4, 0.5) is 5.69 Å². The molecule has 0 fully saturated rings. The molecule has 0 atom stereocenters. The zero-order valence-corrected chi connectivity index (χ0v) is 13.0. The van der Waals surface area contributed by atoms with Crippen LogP contribution >= 0.6 is 34.8 Å². The summed E-state index contributed by atoms with van der Waals surface area (Å²) >= 11 is 17.7. The van der Waals surface area contributed by atoms with Crippen molar-refractivity contribution in [2.24, 2.45) is 0 Å². The van der Waals surface area contributed by atoms with E-state index in [1.807, 2.05) is 0 Å². The molecule has 114 valence electrons. The molecule has 0 saturated heterocycles. The number of amides is 1. The van der Waals surface area contributed by atoms with Gasteiger partial charge >= 0.3 is 5.97 Å². The van der Waals surface area contributed by atoms with E-state index < -0.39 is 11.9 Å². The van der Waals surface area contributed by atoms with Gasteiger partial charge in [0, 0.05) is 0 Å². The van der Waals surface area contributed by atoms with Crippen LogP contribution in [0.15, 0.2) is 30.3 Å². The van der Waals surface area contributed by atoms with Crippen LogP contribution in [-0.4, -0.2) is 22.1 Å².